The molecule has 2 rings (SSSR count). The molecular weight excluding hydrogens is 208 g/mol. The van der Waals surface area contributed by atoms with Crippen molar-refractivity contribution in [1.82, 2.24) is 4.37 Å². The monoisotopic (exact) mass is 216 g/mol. The van der Waals surface area contributed by atoms with E-state index in [1.807, 2.05) is 31.2 Å². The predicted octanol–water partition coefficient (Wildman–Crippen LogP) is 3.09. The SMILES string of the molecule is Cc1ccccc1-c1sncc1N=C=O. The Morgan fingerprint density at radius 2 is 2.20 bits per heavy atom. The third kappa shape index (κ3) is 1.86. The molecule has 0 spiro atoms. The van der Waals surface area contributed by atoms with E-state index in [4.69, 9.17) is 0 Å². The van der Waals surface area contributed by atoms with Crippen molar-refractivity contribution in [2.24, 2.45) is 4.99 Å². The Hall–Kier alpha value is -1.77. The van der Waals surface area contributed by atoms with Gasteiger partial charge in [0.1, 0.15) is 5.69 Å². The number of nitrogens with zero attached hydrogens (tertiary/aromatic N) is 2. The first kappa shape index (κ1) is 9.77. The standard InChI is InChI=1S/C11H8N2OS/c1-8-4-2-3-5-9(8)11-10(12-7-14)6-13-15-11/h2-6H,1H3. The van der Waals surface area contributed by atoms with Gasteiger partial charge in [-0.15, -0.1) is 0 Å². The Balaban J connectivity index is 2.59. The Morgan fingerprint density at radius 1 is 1.40 bits per heavy atom. The van der Waals surface area contributed by atoms with Gasteiger partial charge < -0.3 is 0 Å². The number of benzene rings is 1. The molecule has 0 saturated carbocycles. The molecule has 0 aliphatic heterocycles. The average molecular weight is 216 g/mol. The van der Waals surface area contributed by atoms with Gasteiger partial charge in [0.05, 0.1) is 11.1 Å². The molecule has 15 heavy (non-hydrogen) atoms. The third-order valence-electron chi connectivity index (χ3n) is 2.11. The summed E-state index contributed by atoms with van der Waals surface area (Å²) >= 11 is 1.33. The summed E-state index contributed by atoms with van der Waals surface area (Å²) in [5, 5.41) is 0. The van der Waals surface area contributed by atoms with Crippen LogP contribution in [0.3, 0.4) is 0 Å². The fraction of sp³-hybridized carbons (Fsp3) is 0.0909. The number of hydrogen-bond acceptors (Lipinski definition) is 4. The summed E-state index contributed by atoms with van der Waals surface area (Å²) < 4.78 is 4.03. The van der Waals surface area contributed by atoms with E-state index in [1.54, 1.807) is 12.3 Å². The number of aliphatic imine (C=N–C) groups is 1. The van der Waals surface area contributed by atoms with Crippen molar-refractivity contribution >= 4 is 23.3 Å². The number of rotatable bonds is 2. The van der Waals surface area contributed by atoms with Crippen LogP contribution in [-0.2, 0) is 4.79 Å². The highest BCUT2D eigenvalue weighted by atomic mass is 32.1. The van der Waals surface area contributed by atoms with E-state index in [0.717, 1.165) is 16.0 Å². The predicted molar refractivity (Wildman–Crippen MR) is 60.1 cm³/mol. The maximum atomic E-state index is 10.2. The van der Waals surface area contributed by atoms with Crippen molar-refractivity contribution in [3.05, 3.63) is 36.0 Å². The van der Waals surface area contributed by atoms with Crippen LogP contribution < -0.4 is 0 Å². The molecular formula is C11H8N2OS. The summed E-state index contributed by atoms with van der Waals surface area (Å²) in [6.45, 7) is 2.02. The number of isocyanates is 1. The van der Waals surface area contributed by atoms with Crippen molar-refractivity contribution in [3.8, 4) is 10.4 Å². The zero-order valence-corrected chi connectivity index (χ0v) is 8.91. The van der Waals surface area contributed by atoms with Gasteiger partial charge in [-0.25, -0.2) is 4.79 Å². The van der Waals surface area contributed by atoms with Crippen molar-refractivity contribution < 1.29 is 4.79 Å². The molecule has 4 heteroatoms. The first-order chi connectivity index (χ1) is 7.33. The molecule has 0 atom stereocenters. The van der Waals surface area contributed by atoms with E-state index >= 15 is 0 Å². The lowest BCUT2D eigenvalue weighted by molar-refractivity contribution is 0.565. The van der Waals surface area contributed by atoms with Gasteiger partial charge >= 0.3 is 0 Å². The molecule has 74 valence electrons. The van der Waals surface area contributed by atoms with Crippen molar-refractivity contribution in [2.75, 3.05) is 0 Å². The van der Waals surface area contributed by atoms with Gasteiger partial charge in [0.15, 0.2) is 0 Å². The molecule has 1 aromatic carbocycles. The van der Waals surface area contributed by atoms with Crippen LogP contribution in [0.4, 0.5) is 5.69 Å². The molecule has 0 N–H and O–H groups in total. The van der Waals surface area contributed by atoms with Crippen LogP contribution >= 0.6 is 11.5 Å². The molecule has 0 aliphatic rings. The quantitative estimate of drug-likeness (QED) is 0.571. The van der Waals surface area contributed by atoms with Gasteiger partial charge in [0.25, 0.3) is 0 Å². The molecule has 0 bridgehead atoms. The van der Waals surface area contributed by atoms with Crippen LogP contribution in [-0.4, -0.2) is 10.5 Å². The lowest BCUT2D eigenvalue weighted by Gasteiger charge is -2.01. The third-order valence-corrected chi connectivity index (χ3v) is 2.93. The number of aromatic nitrogens is 1. The minimum Gasteiger partial charge on any atom is -0.211 e. The highest BCUT2D eigenvalue weighted by molar-refractivity contribution is 7.10. The zero-order chi connectivity index (χ0) is 10.7. The molecule has 1 heterocycles. The number of carbonyl (C=O) groups excluding carboxylic acids is 1. The Labute approximate surface area is 91.3 Å². The van der Waals surface area contributed by atoms with Crippen LogP contribution in [0.1, 0.15) is 5.56 Å². The molecule has 3 nitrogen and oxygen atoms in total. The van der Waals surface area contributed by atoms with Crippen molar-refractivity contribution in [3.63, 3.8) is 0 Å². The maximum Gasteiger partial charge on any atom is 0.240 e. The highest BCUT2D eigenvalue weighted by Gasteiger charge is 2.09. The van der Waals surface area contributed by atoms with Crippen LogP contribution in [0, 0.1) is 6.92 Å². The molecule has 0 aliphatic carbocycles. The van der Waals surface area contributed by atoms with Gasteiger partial charge in [0.2, 0.25) is 6.08 Å². The number of hydrogen-bond donors (Lipinski definition) is 0. The molecule has 1 aromatic heterocycles. The van der Waals surface area contributed by atoms with E-state index in [-0.39, 0.29) is 0 Å². The lowest BCUT2D eigenvalue weighted by Crippen LogP contribution is -1.78. The van der Waals surface area contributed by atoms with Crippen LogP contribution in [0.5, 0.6) is 0 Å². The van der Waals surface area contributed by atoms with E-state index in [1.165, 1.54) is 11.5 Å². The van der Waals surface area contributed by atoms with E-state index in [9.17, 15) is 4.79 Å². The van der Waals surface area contributed by atoms with Gasteiger partial charge in [-0.05, 0) is 29.6 Å². The van der Waals surface area contributed by atoms with Crippen LogP contribution in [0.2, 0.25) is 0 Å². The summed E-state index contributed by atoms with van der Waals surface area (Å²) in [5.74, 6) is 0. The molecule has 0 radical (unpaired) electrons. The lowest BCUT2D eigenvalue weighted by atomic mass is 10.1. The molecule has 0 amide bonds. The summed E-state index contributed by atoms with van der Waals surface area (Å²) in [6.07, 6.45) is 3.12. The Morgan fingerprint density at radius 3 is 2.93 bits per heavy atom. The van der Waals surface area contributed by atoms with E-state index in [2.05, 4.69) is 9.37 Å². The second kappa shape index (κ2) is 4.17. The summed E-state index contributed by atoms with van der Waals surface area (Å²) in [7, 11) is 0. The van der Waals surface area contributed by atoms with Crippen LogP contribution in [0.25, 0.3) is 10.4 Å². The van der Waals surface area contributed by atoms with Gasteiger partial charge in [0, 0.05) is 0 Å². The fourth-order valence-electron chi connectivity index (χ4n) is 1.38. The Kier molecular flexibility index (Phi) is 2.72. The number of aryl methyl sites for hydroxylation is 1. The summed E-state index contributed by atoms with van der Waals surface area (Å²) in [4.78, 5) is 14.8. The van der Waals surface area contributed by atoms with E-state index < -0.39 is 0 Å². The minimum absolute atomic E-state index is 0.587. The van der Waals surface area contributed by atoms with E-state index in [0.29, 0.717) is 5.69 Å². The highest BCUT2D eigenvalue weighted by Crippen LogP contribution is 2.35. The van der Waals surface area contributed by atoms with Gasteiger partial charge in [-0.2, -0.15) is 9.37 Å². The fourth-order valence-corrected chi connectivity index (χ4v) is 2.16. The smallest absolute Gasteiger partial charge is 0.211 e. The molecule has 0 saturated heterocycles. The van der Waals surface area contributed by atoms with Gasteiger partial charge in [-0.3, -0.25) is 0 Å². The van der Waals surface area contributed by atoms with Crippen molar-refractivity contribution in [1.29, 1.82) is 0 Å². The Bertz CT molecular complexity index is 527. The van der Waals surface area contributed by atoms with Crippen molar-refractivity contribution in [2.45, 2.75) is 6.92 Å². The first-order valence-corrected chi connectivity index (χ1v) is 5.19. The molecule has 0 fully saturated rings. The average Bonchev–Trinajstić information content (AvgIpc) is 2.67. The molecule has 2 aromatic rings. The zero-order valence-electron chi connectivity index (χ0n) is 8.10. The molecule has 0 unspecified atom stereocenters. The normalized spacial score (nSPS) is 9.67. The second-order valence-corrected chi connectivity index (χ2v) is 3.86. The maximum absolute atomic E-state index is 10.2. The first-order valence-electron chi connectivity index (χ1n) is 4.41. The summed E-state index contributed by atoms with van der Waals surface area (Å²) in [5.41, 5.74) is 2.79. The minimum atomic E-state index is 0.587. The van der Waals surface area contributed by atoms with Crippen LogP contribution in [0.15, 0.2) is 35.5 Å². The summed E-state index contributed by atoms with van der Waals surface area (Å²) in [6, 6.07) is 7.94. The largest absolute Gasteiger partial charge is 0.240 e. The van der Waals surface area contributed by atoms with Gasteiger partial charge in [-0.1, -0.05) is 24.3 Å². The second-order valence-electron chi connectivity index (χ2n) is 3.06. The topological polar surface area (TPSA) is 42.3 Å².